The number of aromatic nitrogens is 2. The number of H-pyrrole nitrogens is 1. The van der Waals surface area contributed by atoms with E-state index in [1.807, 2.05) is 11.4 Å². The first-order chi connectivity index (χ1) is 10.2. The number of nitrogens with one attached hydrogen (secondary N) is 3. The second kappa shape index (κ2) is 5.90. The van der Waals surface area contributed by atoms with E-state index < -0.39 is 0 Å². The molecule has 106 valence electrons. The van der Waals surface area contributed by atoms with Gasteiger partial charge in [-0.2, -0.15) is 5.10 Å². The van der Waals surface area contributed by atoms with Crippen molar-refractivity contribution in [3.63, 3.8) is 0 Å². The van der Waals surface area contributed by atoms with Gasteiger partial charge in [0.25, 0.3) is 5.91 Å². The Morgan fingerprint density at radius 3 is 3.00 bits per heavy atom. The molecule has 21 heavy (non-hydrogen) atoms. The third-order valence-electron chi connectivity index (χ3n) is 2.58. The van der Waals surface area contributed by atoms with E-state index in [4.69, 9.17) is 16.6 Å². The zero-order chi connectivity index (χ0) is 14.7. The van der Waals surface area contributed by atoms with Crippen LogP contribution in [0.5, 0.6) is 0 Å². The van der Waals surface area contributed by atoms with Gasteiger partial charge in [0.05, 0.1) is 11.1 Å². The SMILES string of the molecule is O=C(NC(=S)Nc1cc(-c2ccco2)[nH]n1)c1cccs1. The van der Waals surface area contributed by atoms with Gasteiger partial charge in [-0.25, -0.2) is 0 Å². The van der Waals surface area contributed by atoms with Crippen LogP contribution in [0.2, 0.25) is 0 Å². The highest BCUT2D eigenvalue weighted by Crippen LogP contribution is 2.19. The first kappa shape index (κ1) is 13.5. The summed E-state index contributed by atoms with van der Waals surface area (Å²) in [5, 5.41) is 14.3. The molecule has 0 fully saturated rings. The molecule has 0 aliphatic rings. The Kier molecular flexibility index (Phi) is 3.80. The van der Waals surface area contributed by atoms with Crippen molar-refractivity contribution in [2.45, 2.75) is 0 Å². The molecule has 0 bridgehead atoms. The number of hydrogen-bond donors (Lipinski definition) is 3. The number of furan rings is 1. The maximum absolute atomic E-state index is 11.8. The lowest BCUT2D eigenvalue weighted by Gasteiger charge is -2.05. The van der Waals surface area contributed by atoms with Crippen LogP contribution in [0.4, 0.5) is 5.82 Å². The molecule has 3 aromatic rings. The van der Waals surface area contributed by atoms with Gasteiger partial charge in [0, 0.05) is 6.07 Å². The van der Waals surface area contributed by atoms with Crippen LogP contribution in [0.15, 0.2) is 46.4 Å². The summed E-state index contributed by atoms with van der Waals surface area (Å²) in [6, 6.07) is 8.87. The molecule has 0 saturated heterocycles. The highest BCUT2D eigenvalue weighted by atomic mass is 32.1. The monoisotopic (exact) mass is 318 g/mol. The molecule has 0 radical (unpaired) electrons. The van der Waals surface area contributed by atoms with E-state index in [0.29, 0.717) is 16.5 Å². The molecule has 0 aliphatic carbocycles. The number of thiocarbonyl (C=S) groups is 1. The van der Waals surface area contributed by atoms with E-state index in [0.717, 1.165) is 5.69 Å². The first-order valence-corrected chi connectivity index (χ1v) is 7.26. The van der Waals surface area contributed by atoms with Gasteiger partial charge in [0.2, 0.25) is 0 Å². The Bertz CT molecular complexity index is 747. The number of amides is 1. The molecular formula is C13H10N4O2S2. The fourth-order valence-electron chi connectivity index (χ4n) is 1.66. The molecule has 0 aliphatic heterocycles. The predicted octanol–water partition coefficient (Wildman–Crippen LogP) is 2.86. The third-order valence-corrected chi connectivity index (χ3v) is 3.65. The normalized spacial score (nSPS) is 10.3. The molecule has 3 aromatic heterocycles. The third kappa shape index (κ3) is 3.18. The second-order valence-corrected chi connectivity index (χ2v) is 5.39. The average molecular weight is 318 g/mol. The highest BCUT2D eigenvalue weighted by molar-refractivity contribution is 7.80. The average Bonchev–Trinajstić information content (AvgIpc) is 3.21. The minimum Gasteiger partial charge on any atom is -0.463 e. The van der Waals surface area contributed by atoms with E-state index in [2.05, 4.69) is 20.8 Å². The van der Waals surface area contributed by atoms with Crippen LogP contribution in [-0.2, 0) is 0 Å². The van der Waals surface area contributed by atoms with Crippen molar-refractivity contribution >= 4 is 40.4 Å². The van der Waals surface area contributed by atoms with Crippen molar-refractivity contribution in [1.82, 2.24) is 15.5 Å². The van der Waals surface area contributed by atoms with Crippen molar-refractivity contribution in [1.29, 1.82) is 0 Å². The molecule has 3 rings (SSSR count). The maximum Gasteiger partial charge on any atom is 0.267 e. The lowest BCUT2D eigenvalue weighted by atomic mass is 10.3. The van der Waals surface area contributed by atoms with E-state index in [-0.39, 0.29) is 11.0 Å². The Labute approximate surface area is 129 Å². The maximum atomic E-state index is 11.8. The topological polar surface area (TPSA) is 83.0 Å². The number of anilines is 1. The molecule has 8 heteroatoms. The minimum absolute atomic E-state index is 0.186. The molecule has 6 nitrogen and oxygen atoms in total. The molecule has 1 amide bonds. The fraction of sp³-hybridized carbons (Fsp3) is 0. The zero-order valence-corrected chi connectivity index (χ0v) is 12.3. The van der Waals surface area contributed by atoms with Crippen LogP contribution < -0.4 is 10.6 Å². The number of hydrogen-bond acceptors (Lipinski definition) is 5. The van der Waals surface area contributed by atoms with Crippen LogP contribution in [0.25, 0.3) is 11.5 Å². The number of thiophene rings is 1. The number of rotatable bonds is 3. The molecule has 0 atom stereocenters. The van der Waals surface area contributed by atoms with Crippen molar-refractivity contribution in [3.8, 4) is 11.5 Å². The fourth-order valence-corrected chi connectivity index (χ4v) is 2.48. The van der Waals surface area contributed by atoms with E-state index in [9.17, 15) is 4.79 Å². The largest absolute Gasteiger partial charge is 0.463 e. The minimum atomic E-state index is -0.246. The smallest absolute Gasteiger partial charge is 0.267 e. The van der Waals surface area contributed by atoms with Crippen molar-refractivity contribution < 1.29 is 9.21 Å². The predicted molar refractivity (Wildman–Crippen MR) is 84.3 cm³/mol. The Morgan fingerprint density at radius 1 is 1.38 bits per heavy atom. The van der Waals surface area contributed by atoms with E-state index in [1.54, 1.807) is 30.5 Å². The number of carbonyl (C=O) groups excluding carboxylic acids is 1. The highest BCUT2D eigenvalue weighted by Gasteiger charge is 2.10. The quantitative estimate of drug-likeness (QED) is 0.647. The molecule has 0 saturated carbocycles. The van der Waals surface area contributed by atoms with Crippen LogP contribution in [0.1, 0.15) is 9.67 Å². The van der Waals surface area contributed by atoms with Crippen molar-refractivity contribution in [2.24, 2.45) is 0 Å². The van der Waals surface area contributed by atoms with Gasteiger partial charge < -0.3 is 9.73 Å². The Hall–Kier alpha value is -2.45. The first-order valence-electron chi connectivity index (χ1n) is 5.97. The summed E-state index contributed by atoms with van der Waals surface area (Å²) >= 11 is 6.43. The van der Waals surface area contributed by atoms with Crippen LogP contribution in [-0.4, -0.2) is 21.2 Å². The molecule has 0 unspecified atom stereocenters. The molecule has 0 aromatic carbocycles. The van der Waals surface area contributed by atoms with Gasteiger partial charge >= 0.3 is 0 Å². The number of aromatic amines is 1. The standard InChI is InChI=1S/C13H10N4O2S2/c18-12(10-4-2-6-21-10)15-13(20)14-11-7-8(16-17-11)9-3-1-5-19-9/h1-7H,(H3,14,15,16,17,18,20). The van der Waals surface area contributed by atoms with Crippen molar-refractivity contribution in [2.75, 3.05) is 5.32 Å². The summed E-state index contributed by atoms with van der Waals surface area (Å²) in [5.41, 5.74) is 0.717. The van der Waals surface area contributed by atoms with E-state index in [1.165, 1.54) is 11.3 Å². The van der Waals surface area contributed by atoms with Crippen LogP contribution in [0.3, 0.4) is 0 Å². The molecule has 0 spiro atoms. The van der Waals surface area contributed by atoms with Gasteiger partial charge in [-0.3, -0.25) is 15.2 Å². The van der Waals surface area contributed by atoms with Gasteiger partial charge in [0.1, 0.15) is 5.69 Å². The summed E-state index contributed by atoms with van der Waals surface area (Å²) < 4.78 is 5.25. The lowest BCUT2D eigenvalue weighted by Crippen LogP contribution is -2.33. The van der Waals surface area contributed by atoms with Gasteiger partial charge in [-0.05, 0) is 35.8 Å². The van der Waals surface area contributed by atoms with Crippen molar-refractivity contribution in [3.05, 3.63) is 46.9 Å². The molecule has 3 N–H and O–H groups in total. The van der Waals surface area contributed by atoms with Crippen LogP contribution >= 0.6 is 23.6 Å². The van der Waals surface area contributed by atoms with Gasteiger partial charge in [-0.1, -0.05) is 6.07 Å². The van der Waals surface area contributed by atoms with Gasteiger partial charge in [-0.15, -0.1) is 11.3 Å². The summed E-state index contributed by atoms with van der Waals surface area (Å²) in [5.74, 6) is 0.922. The summed E-state index contributed by atoms with van der Waals surface area (Å²) in [6.45, 7) is 0. The Balaban J connectivity index is 1.62. The Morgan fingerprint density at radius 2 is 2.29 bits per heavy atom. The second-order valence-electron chi connectivity index (χ2n) is 4.03. The van der Waals surface area contributed by atoms with E-state index >= 15 is 0 Å². The molecule has 3 heterocycles. The lowest BCUT2D eigenvalue weighted by molar-refractivity contribution is 0.0981. The summed E-state index contributed by atoms with van der Waals surface area (Å²) in [4.78, 5) is 12.4. The zero-order valence-electron chi connectivity index (χ0n) is 10.6. The number of nitrogens with zero attached hydrogens (tertiary/aromatic N) is 1. The molecular weight excluding hydrogens is 308 g/mol. The van der Waals surface area contributed by atoms with Crippen LogP contribution in [0, 0.1) is 0 Å². The van der Waals surface area contributed by atoms with Gasteiger partial charge in [0.15, 0.2) is 16.7 Å². The summed E-state index contributed by atoms with van der Waals surface area (Å²) in [6.07, 6.45) is 1.58. The summed E-state index contributed by atoms with van der Waals surface area (Å²) in [7, 11) is 0. The number of carbonyl (C=O) groups is 1.